The second kappa shape index (κ2) is 8.54. The van der Waals surface area contributed by atoms with Crippen molar-refractivity contribution >= 4 is 23.1 Å². The van der Waals surface area contributed by atoms with Crippen molar-refractivity contribution < 1.29 is 4.74 Å². The molecule has 0 aliphatic heterocycles. The van der Waals surface area contributed by atoms with Crippen LogP contribution in [0.15, 0.2) is 29.2 Å². The Kier molecular flexibility index (Phi) is 6.70. The van der Waals surface area contributed by atoms with Gasteiger partial charge in [0.25, 0.3) is 0 Å². The van der Waals surface area contributed by atoms with Crippen molar-refractivity contribution in [1.29, 1.82) is 0 Å². The van der Waals surface area contributed by atoms with Crippen molar-refractivity contribution in [3.63, 3.8) is 0 Å². The second-order valence-corrected chi connectivity index (χ2v) is 7.19. The van der Waals surface area contributed by atoms with Crippen molar-refractivity contribution in [3.8, 4) is 0 Å². The van der Waals surface area contributed by atoms with Crippen molar-refractivity contribution in [2.24, 2.45) is 0 Å². The van der Waals surface area contributed by atoms with Gasteiger partial charge in [-0.05, 0) is 31.5 Å². The van der Waals surface area contributed by atoms with Gasteiger partial charge in [-0.3, -0.25) is 0 Å². The molecule has 0 fully saturated rings. The van der Waals surface area contributed by atoms with Crippen LogP contribution in [0.1, 0.15) is 21.1 Å². The summed E-state index contributed by atoms with van der Waals surface area (Å²) >= 11 is 3.64. The number of aromatic nitrogens is 1. The molecule has 0 radical (unpaired) electrons. The zero-order chi connectivity index (χ0) is 15.1. The molecule has 0 aliphatic rings. The molecule has 1 N–H and O–H groups in total. The molecule has 1 aromatic heterocycles. The number of hydrogen-bond acceptors (Lipinski definition) is 5. The lowest BCUT2D eigenvalue weighted by atomic mass is 10.2. The molecule has 0 aliphatic carbocycles. The van der Waals surface area contributed by atoms with Crippen LogP contribution in [0.25, 0.3) is 0 Å². The van der Waals surface area contributed by atoms with Crippen LogP contribution in [0.2, 0.25) is 0 Å². The van der Waals surface area contributed by atoms with Crippen molar-refractivity contribution in [2.75, 3.05) is 20.3 Å². The van der Waals surface area contributed by atoms with Crippen LogP contribution in [0.4, 0.5) is 0 Å². The van der Waals surface area contributed by atoms with Crippen LogP contribution < -0.4 is 5.32 Å². The quantitative estimate of drug-likeness (QED) is 0.592. The van der Waals surface area contributed by atoms with Gasteiger partial charge in [0.05, 0.1) is 18.1 Å². The molecule has 5 heteroatoms. The van der Waals surface area contributed by atoms with Crippen LogP contribution in [-0.4, -0.2) is 25.2 Å². The first-order valence-corrected chi connectivity index (χ1v) is 8.83. The summed E-state index contributed by atoms with van der Waals surface area (Å²) in [5.74, 6) is 0.949. The Hall–Kier alpha value is -0.880. The first kappa shape index (κ1) is 16.5. The highest BCUT2D eigenvalue weighted by Gasteiger charge is 2.04. The highest BCUT2D eigenvalue weighted by molar-refractivity contribution is 7.98. The summed E-state index contributed by atoms with van der Waals surface area (Å²) in [7, 11) is 1.72. The molecule has 1 heterocycles. The van der Waals surface area contributed by atoms with Gasteiger partial charge in [-0.25, -0.2) is 4.98 Å². The Morgan fingerprint density at radius 2 is 2.00 bits per heavy atom. The van der Waals surface area contributed by atoms with E-state index in [2.05, 4.69) is 48.4 Å². The van der Waals surface area contributed by atoms with Gasteiger partial charge in [0, 0.05) is 30.0 Å². The van der Waals surface area contributed by atoms with E-state index in [9.17, 15) is 0 Å². The van der Waals surface area contributed by atoms with Gasteiger partial charge in [-0.2, -0.15) is 0 Å². The number of benzene rings is 1. The predicted molar refractivity (Wildman–Crippen MR) is 91.2 cm³/mol. The Balaban J connectivity index is 1.79. The van der Waals surface area contributed by atoms with Crippen LogP contribution in [0.3, 0.4) is 0 Å². The minimum Gasteiger partial charge on any atom is -0.383 e. The van der Waals surface area contributed by atoms with E-state index in [1.165, 1.54) is 20.3 Å². The Bertz CT molecular complexity index is 532. The van der Waals surface area contributed by atoms with Gasteiger partial charge in [0.1, 0.15) is 5.01 Å². The number of nitrogens with one attached hydrogen (secondary N) is 1. The number of thiazole rings is 1. The van der Waals surface area contributed by atoms with Gasteiger partial charge in [-0.1, -0.05) is 12.1 Å². The normalized spacial score (nSPS) is 11.0. The number of ether oxygens (including phenoxy) is 1. The van der Waals surface area contributed by atoms with Crippen LogP contribution >= 0.6 is 23.1 Å². The fourth-order valence-corrected chi connectivity index (χ4v) is 3.68. The minimum atomic E-state index is 0.751. The third-order valence-corrected chi connectivity index (χ3v) is 5.45. The van der Waals surface area contributed by atoms with Crippen LogP contribution in [0.5, 0.6) is 0 Å². The van der Waals surface area contributed by atoms with Crippen molar-refractivity contribution in [1.82, 2.24) is 10.3 Å². The Morgan fingerprint density at radius 1 is 1.24 bits per heavy atom. The molecule has 2 rings (SSSR count). The number of hydrogen-bond donors (Lipinski definition) is 1. The zero-order valence-electron chi connectivity index (χ0n) is 12.8. The fraction of sp³-hybridized carbons (Fsp3) is 0.438. The first-order valence-electron chi connectivity index (χ1n) is 7.03. The fourth-order valence-electron chi connectivity index (χ4n) is 1.86. The Labute approximate surface area is 135 Å². The lowest BCUT2D eigenvalue weighted by molar-refractivity contribution is 0.199. The average Bonchev–Trinajstić information content (AvgIpc) is 2.81. The standard InChI is InChI=1S/C16H22N2OS2/c1-12-13(2)21-16(18-12)11-20-15-6-4-14(5-7-15)10-17-8-9-19-3/h4-7,17H,8-11H2,1-3H3. The monoisotopic (exact) mass is 322 g/mol. The number of nitrogens with zero attached hydrogens (tertiary/aromatic N) is 1. The third-order valence-electron chi connectivity index (χ3n) is 3.17. The SMILES string of the molecule is COCCNCc1ccc(SCc2nc(C)c(C)s2)cc1. The summed E-state index contributed by atoms with van der Waals surface area (Å²) in [6, 6.07) is 8.73. The second-order valence-electron chi connectivity index (χ2n) is 4.85. The lowest BCUT2D eigenvalue weighted by Gasteiger charge is -2.05. The molecule has 0 saturated carbocycles. The average molecular weight is 322 g/mol. The van der Waals surface area contributed by atoms with E-state index in [-0.39, 0.29) is 0 Å². The summed E-state index contributed by atoms with van der Waals surface area (Å²) in [5, 5.41) is 4.56. The van der Waals surface area contributed by atoms with E-state index in [0.717, 1.165) is 31.1 Å². The molecule has 0 saturated heterocycles. The molecule has 0 amide bonds. The van der Waals surface area contributed by atoms with E-state index >= 15 is 0 Å². The summed E-state index contributed by atoms with van der Waals surface area (Å²) in [5.41, 5.74) is 2.46. The topological polar surface area (TPSA) is 34.1 Å². The highest BCUT2D eigenvalue weighted by atomic mass is 32.2. The van der Waals surface area contributed by atoms with Gasteiger partial charge in [0.15, 0.2) is 0 Å². The third kappa shape index (κ3) is 5.43. The predicted octanol–water partition coefficient (Wildman–Crippen LogP) is 3.79. The van der Waals surface area contributed by atoms with E-state index in [0.29, 0.717) is 0 Å². The largest absolute Gasteiger partial charge is 0.383 e. The van der Waals surface area contributed by atoms with E-state index in [1.807, 2.05) is 11.8 Å². The smallest absolute Gasteiger partial charge is 0.103 e. The lowest BCUT2D eigenvalue weighted by Crippen LogP contribution is -2.18. The molecule has 0 spiro atoms. The maximum Gasteiger partial charge on any atom is 0.103 e. The molecule has 114 valence electrons. The van der Waals surface area contributed by atoms with Gasteiger partial charge in [0.2, 0.25) is 0 Å². The van der Waals surface area contributed by atoms with E-state index in [4.69, 9.17) is 4.74 Å². The van der Waals surface area contributed by atoms with Crippen molar-refractivity contribution in [2.45, 2.75) is 31.0 Å². The number of thioether (sulfide) groups is 1. The molecule has 0 unspecified atom stereocenters. The first-order chi connectivity index (χ1) is 10.2. The highest BCUT2D eigenvalue weighted by Crippen LogP contribution is 2.26. The molecular formula is C16H22N2OS2. The maximum atomic E-state index is 5.01. The molecule has 21 heavy (non-hydrogen) atoms. The number of methoxy groups -OCH3 is 1. The molecular weight excluding hydrogens is 300 g/mol. The summed E-state index contributed by atoms with van der Waals surface area (Å²) in [6.45, 7) is 6.73. The minimum absolute atomic E-state index is 0.751. The zero-order valence-corrected chi connectivity index (χ0v) is 14.4. The number of rotatable bonds is 8. The molecule has 3 nitrogen and oxygen atoms in total. The molecule has 1 aromatic carbocycles. The molecule has 0 atom stereocenters. The molecule has 2 aromatic rings. The summed E-state index contributed by atoms with van der Waals surface area (Å²) < 4.78 is 5.01. The van der Waals surface area contributed by atoms with E-state index < -0.39 is 0 Å². The summed E-state index contributed by atoms with van der Waals surface area (Å²) in [6.07, 6.45) is 0. The van der Waals surface area contributed by atoms with Gasteiger partial charge < -0.3 is 10.1 Å². The van der Waals surface area contributed by atoms with Gasteiger partial charge >= 0.3 is 0 Å². The maximum absolute atomic E-state index is 5.01. The van der Waals surface area contributed by atoms with Crippen LogP contribution in [-0.2, 0) is 17.0 Å². The number of aryl methyl sites for hydroxylation is 2. The molecule has 0 bridgehead atoms. The van der Waals surface area contributed by atoms with Crippen molar-refractivity contribution in [3.05, 3.63) is 45.4 Å². The van der Waals surface area contributed by atoms with Crippen LogP contribution in [0, 0.1) is 13.8 Å². The summed E-state index contributed by atoms with van der Waals surface area (Å²) in [4.78, 5) is 7.19. The van der Waals surface area contributed by atoms with E-state index in [1.54, 1.807) is 18.4 Å². The van der Waals surface area contributed by atoms with Gasteiger partial charge in [-0.15, -0.1) is 23.1 Å². The Morgan fingerprint density at radius 3 is 2.62 bits per heavy atom.